The van der Waals surface area contributed by atoms with Crippen molar-refractivity contribution < 1.29 is 4.74 Å². The molecule has 0 N–H and O–H groups in total. The maximum atomic E-state index is 5.93. The van der Waals surface area contributed by atoms with Crippen LogP contribution in [0.3, 0.4) is 0 Å². The van der Waals surface area contributed by atoms with E-state index in [1.54, 1.807) is 0 Å². The van der Waals surface area contributed by atoms with Gasteiger partial charge < -0.3 is 4.74 Å². The minimum Gasteiger partial charge on any atom is -0.490 e. The highest BCUT2D eigenvalue weighted by molar-refractivity contribution is 5.23. The molecule has 0 radical (unpaired) electrons. The van der Waals surface area contributed by atoms with Crippen molar-refractivity contribution in [3.63, 3.8) is 0 Å². The molecule has 0 aliphatic heterocycles. The number of rotatable bonds is 4. The van der Waals surface area contributed by atoms with E-state index < -0.39 is 0 Å². The Morgan fingerprint density at radius 3 is 1.88 bits per heavy atom. The Morgan fingerprint density at radius 2 is 1.29 bits per heavy atom. The number of hydrogen-bond acceptors (Lipinski definition) is 1. The standard InChI is InChI=1S/C16H18O/c1-13(15-9-5-3-6-10-15)14(2)17-16-11-7-4-8-12-16/h3-14H,1-2H3/t13-,14+/m0/s1. The third kappa shape index (κ3) is 3.10. The minimum atomic E-state index is 0.166. The van der Waals surface area contributed by atoms with Crippen molar-refractivity contribution in [2.45, 2.75) is 25.9 Å². The van der Waals surface area contributed by atoms with Crippen molar-refractivity contribution in [2.24, 2.45) is 0 Å². The molecule has 0 saturated carbocycles. The van der Waals surface area contributed by atoms with E-state index in [-0.39, 0.29) is 6.10 Å². The molecule has 0 unspecified atom stereocenters. The topological polar surface area (TPSA) is 9.23 Å². The van der Waals surface area contributed by atoms with Crippen LogP contribution in [0, 0.1) is 0 Å². The zero-order valence-corrected chi connectivity index (χ0v) is 10.3. The van der Waals surface area contributed by atoms with Crippen molar-refractivity contribution in [2.75, 3.05) is 0 Å². The second kappa shape index (κ2) is 5.53. The maximum Gasteiger partial charge on any atom is 0.119 e. The quantitative estimate of drug-likeness (QED) is 0.757. The van der Waals surface area contributed by atoms with E-state index in [0.29, 0.717) is 5.92 Å². The van der Waals surface area contributed by atoms with Gasteiger partial charge in [-0.2, -0.15) is 0 Å². The summed E-state index contributed by atoms with van der Waals surface area (Å²) in [6.07, 6.45) is 0.166. The lowest BCUT2D eigenvalue weighted by Crippen LogP contribution is -2.19. The van der Waals surface area contributed by atoms with E-state index in [2.05, 4.69) is 38.1 Å². The lowest BCUT2D eigenvalue weighted by molar-refractivity contribution is 0.195. The lowest BCUT2D eigenvalue weighted by atomic mass is 9.96. The van der Waals surface area contributed by atoms with Gasteiger partial charge in [0.15, 0.2) is 0 Å². The fraction of sp³-hybridized carbons (Fsp3) is 0.250. The monoisotopic (exact) mass is 226 g/mol. The Hall–Kier alpha value is -1.76. The van der Waals surface area contributed by atoms with Gasteiger partial charge in [0.25, 0.3) is 0 Å². The summed E-state index contributed by atoms with van der Waals surface area (Å²) in [5.74, 6) is 1.32. The molecular formula is C16H18O. The Bertz CT molecular complexity index is 436. The zero-order valence-electron chi connectivity index (χ0n) is 10.3. The summed E-state index contributed by atoms with van der Waals surface area (Å²) >= 11 is 0. The smallest absolute Gasteiger partial charge is 0.119 e. The predicted octanol–water partition coefficient (Wildman–Crippen LogP) is 4.26. The number of para-hydroxylation sites is 1. The molecule has 1 heteroatoms. The van der Waals surface area contributed by atoms with Gasteiger partial charge >= 0.3 is 0 Å². The van der Waals surface area contributed by atoms with Gasteiger partial charge in [0.05, 0.1) is 0 Å². The molecule has 0 amide bonds. The van der Waals surface area contributed by atoms with Gasteiger partial charge in [-0.3, -0.25) is 0 Å². The van der Waals surface area contributed by atoms with E-state index in [1.807, 2.05) is 36.4 Å². The molecule has 2 aromatic rings. The Kier molecular flexibility index (Phi) is 3.81. The second-order valence-corrected chi connectivity index (χ2v) is 4.34. The van der Waals surface area contributed by atoms with Crippen LogP contribution in [0.5, 0.6) is 5.75 Å². The van der Waals surface area contributed by atoms with Crippen LogP contribution in [0.25, 0.3) is 0 Å². The average molecular weight is 226 g/mol. The normalized spacial score (nSPS) is 14.0. The van der Waals surface area contributed by atoms with E-state index in [1.165, 1.54) is 5.56 Å². The lowest BCUT2D eigenvalue weighted by Gasteiger charge is -2.21. The number of benzene rings is 2. The Morgan fingerprint density at radius 1 is 0.765 bits per heavy atom. The molecule has 2 atom stereocenters. The molecule has 2 rings (SSSR count). The van der Waals surface area contributed by atoms with Crippen LogP contribution >= 0.6 is 0 Å². The van der Waals surface area contributed by atoms with Crippen LogP contribution in [0.15, 0.2) is 60.7 Å². The van der Waals surface area contributed by atoms with Crippen LogP contribution in [0.1, 0.15) is 25.3 Å². The SMILES string of the molecule is C[C@H](c1ccccc1)[C@@H](C)Oc1ccccc1. The first-order chi connectivity index (χ1) is 8.27. The van der Waals surface area contributed by atoms with Crippen LogP contribution < -0.4 is 4.74 Å². The summed E-state index contributed by atoms with van der Waals surface area (Å²) in [6.45, 7) is 4.31. The highest BCUT2D eigenvalue weighted by Gasteiger charge is 2.15. The highest BCUT2D eigenvalue weighted by Crippen LogP contribution is 2.23. The van der Waals surface area contributed by atoms with Gasteiger partial charge in [-0.25, -0.2) is 0 Å². The summed E-state index contributed by atoms with van der Waals surface area (Å²) < 4.78 is 5.93. The Labute approximate surface area is 103 Å². The summed E-state index contributed by atoms with van der Waals surface area (Å²) in [6, 6.07) is 20.5. The van der Waals surface area contributed by atoms with Crippen LogP contribution in [-0.4, -0.2) is 6.10 Å². The maximum absolute atomic E-state index is 5.93. The van der Waals surface area contributed by atoms with E-state index in [9.17, 15) is 0 Å². The predicted molar refractivity (Wildman–Crippen MR) is 71.4 cm³/mol. The molecule has 0 aromatic heterocycles. The van der Waals surface area contributed by atoms with Crippen molar-refractivity contribution in [1.82, 2.24) is 0 Å². The third-order valence-corrected chi connectivity index (χ3v) is 3.09. The molecule has 0 heterocycles. The molecule has 17 heavy (non-hydrogen) atoms. The van der Waals surface area contributed by atoms with Crippen molar-refractivity contribution in [1.29, 1.82) is 0 Å². The number of ether oxygens (including phenoxy) is 1. The van der Waals surface area contributed by atoms with E-state index in [0.717, 1.165) is 5.75 Å². The van der Waals surface area contributed by atoms with Crippen molar-refractivity contribution in [3.05, 3.63) is 66.2 Å². The van der Waals surface area contributed by atoms with Crippen molar-refractivity contribution in [3.8, 4) is 5.75 Å². The molecular weight excluding hydrogens is 208 g/mol. The molecule has 0 bridgehead atoms. The molecule has 1 nitrogen and oxygen atoms in total. The largest absolute Gasteiger partial charge is 0.490 e. The summed E-state index contributed by atoms with van der Waals surface area (Å²) in [5.41, 5.74) is 1.32. The second-order valence-electron chi connectivity index (χ2n) is 4.34. The first-order valence-corrected chi connectivity index (χ1v) is 6.04. The fourth-order valence-corrected chi connectivity index (χ4v) is 1.84. The van der Waals surface area contributed by atoms with E-state index in [4.69, 9.17) is 4.74 Å². The van der Waals surface area contributed by atoms with Gasteiger partial charge in [0.2, 0.25) is 0 Å². The number of hydrogen-bond donors (Lipinski definition) is 0. The minimum absolute atomic E-state index is 0.166. The summed E-state index contributed by atoms with van der Waals surface area (Å²) in [4.78, 5) is 0. The van der Waals surface area contributed by atoms with Gasteiger partial charge in [-0.1, -0.05) is 55.5 Å². The molecule has 2 aromatic carbocycles. The highest BCUT2D eigenvalue weighted by atomic mass is 16.5. The van der Waals surface area contributed by atoms with Crippen molar-refractivity contribution >= 4 is 0 Å². The average Bonchev–Trinajstić information content (AvgIpc) is 2.40. The van der Waals surface area contributed by atoms with Gasteiger partial charge in [0, 0.05) is 5.92 Å². The molecule has 0 aliphatic rings. The van der Waals surface area contributed by atoms with Crippen LogP contribution in [0.2, 0.25) is 0 Å². The summed E-state index contributed by atoms with van der Waals surface area (Å²) in [7, 11) is 0. The summed E-state index contributed by atoms with van der Waals surface area (Å²) in [5, 5.41) is 0. The van der Waals surface area contributed by atoms with Crippen LogP contribution in [-0.2, 0) is 0 Å². The third-order valence-electron chi connectivity index (χ3n) is 3.09. The molecule has 0 spiro atoms. The Balaban J connectivity index is 2.03. The fourth-order valence-electron chi connectivity index (χ4n) is 1.84. The molecule has 0 aliphatic carbocycles. The van der Waals surface area contributed by atoms with Gasteiger partial charge in [-0.05, 0) is 24.6 Å². The van der Waals surface area contributed by atoms with Crippen LogP contribution in [0.4, 0.5) is 0 Å². The van der Waals surface area contributed by atoms with Gasteiger partial charge in [0.1, 0.15) is 11.9 Å². The molecule has 0 fully saturated rings. The first-order valence-electron chi connectivity index (χ1n) is 6.04. The first kappa shape index (κ1) is 11.7. The molecule has 0 saturated heterocycles. The zero-order chi connectivity index (χ0) is 12.1. The van der Waals surface area contributed by atoms with E-state index >= 15 is 0 Å². The molecule has 88 valence electrons. The van der Waals surface area contributed by atoms with Gasteiger partial charge in [-0.15, -0.1) is 0 Å².